The van der Waals surface area contributed by atoms with Crippen molar-refractivity contribution in [2.24, 2.45) is 11.8 Å². The van der Waals surface area contributed by atoms with Crippen LogP contribution in [0.4, 0.5) is 23.9 Å². The van der Waals surface area contributed by atoms with Gasteiger partial charge in [0.15, 0.2) is 0 Å². The zero-order valence-corrected chi connectivity index (χ0v) is 13.9. The van der Waals surface area contributed by atoms with Gasteiger partial charge < -0.3 is 10.0 Å². The van der Waals surface area contributed by atoms with Crippen LogP contribution < -0.4 is 5.32 Å². The van der Waals surface area contributed by atoms with Crippen LogP contribution in [0, 0.1) is 11.8 Å². The topological polar surface area (TPSA) is 100 Å². The Bertz CT molecular complexity index is 672. The molecule has 1 saturated carbocycles. The number of urea groups is 1. The minimum absolute atomic E-state index is 0.00269. The van der Waals surface area contributed by atoms with Crippen LogP contribution in [0.1, 0.15) is 38.1 Å². The minimum atomic E-state index is -4.68. The Morgan fingerprint density at radius 3 is 2.46 bits per heavy atom. The van der Waals surface area contributed by atoms with Gasteiger partial charge in [0, 0.05) is 13.1 Å². The first-order valence-corrected chi connectivity index (χ1v) is 8.52. The SMILES string of the molecule is O=C(O)[C@@H]1CN(C(=O)Nc2ncn(C3CCCCC3)n2)C[C@H]1C(F)(F)F. The van der Waals surface area contributed by atoms with E-state index in [2.05, 4.69) is 15.4 Å². The molecule has 144 valence electrons. The number of anilines is 1. The third-order valence-electron chi connectivity index (χ3n) is 5.02. The lowest BCUT2D eigenvalue weighted by molar-refractivity contribution is -0.187. The van der Waals surface area contributed by atoms with E-state index < -0.39 is 43.1 Å². The highest BCUT2D eigenvalue weighted by Crippen LogP contribution is 2.37. The van der Waals surface area contributed by atoms with Gasteiger partial charge in [0.2, 0.25) is 5.95 Å². The summed E-state index contributed by atoms with van der Waals surface area (Å²) in [5.74, 6) is -5.32. The van der Waals surface area contributed by atoms with E-state index >= 15 is 0 Å². The molecule has 2 amide bonds. The van der Waals surface area contributed by atoms with Crippen LogP contribution in [0.3, 0.4) is 0 Å². The Labute approximate surface area is 147 Å². The highest BCUT2D eigenvalue weighted by atomic mass is 19.4. The van der Waals surface area contributed by atoms with Gasteiger partial charge in [-0.3, -0.25) is 10.1 Å². The number of carbonyl (C=O) groups excluding carboxylic acids is 1. The highest BCUT2D eigenvalue weighted by molar-refractivity contribution is 5.88. The zero-order valence-electron chi connectivity index (χ0n) is 13.9. The standard InChI is InChI=1S/C15H20F3N5O3/c16-15(17,18)11-7-22(6-10(11)12(24)25)14(26)20-13-19-8-23(21-13)9-4-2-1-3-5-9/h8-11H,1-7H2,(H,24,25)(H,20,21,26)/t10-,11-/m1/s1. The van der Waals surface area contributed by atoms with E-state index in [0.717, 1.165) is 30.6 Å². The molecule has 2 fully saturated rings. The third kappa shape index (κ3) is 3.91. The largest absolute Gasteiger partial charge is 0.481 e. The smallest absolute Gasteiger partial charge is 0.394 e. The van der Waals surface area contributed by atoms with E-state index in [-0.39, 0.29) is 12.0 Å². The van der Waals surface area contributed by atoms with E-state index in [1.165, 1.54) is 12.7 Å². The Morgan fingerprint density at radius 2 is 1.88 bits per heavy atom. The number of nitrogens with zero attached hydrogens (tertiary/aromatic N) is 4. The quantitative estimate of drug-likeness (QED) is 0.846. The molecule has 26 heavy (non-hydrogen) atoms. The normalized spacial score (nSPS) is 24.7. The summed E-state index contributed by atoms with van der Waals surface area (Å²) in [4.78, 5) is 28.1. The van der Waals surface area contributed by atoms with E-state index in [4.69, 9.17) is 5.11 Å². The number of hydrogen-bond acceptors (Lipinski definition) is 4. The Hall–Kier alpha value is -2.33. The number of likely N-dealkylation sites (tertiary alicyclic amines) is 1. The molecule has 2 heterocycles. The number of carboxylic acids is 1. The van der Waals surface area contributed by atoms with Gasteiger partial charge >= 0.3 is 18.2 Å². The molecule has 1 aromatic rings. The predicted octanol–water partition coefficient (Wildman–Crippen LogP) is 2.51. The second kappa shape index (κ2) is 7.12. The summed E-state index contributed by atoms with van der Waals surface area (Å²) in [5.41, 5.74) is 0. The molecule has 8 nitrogen and oxygen atoms in total. The van der Waals surface area contributed by atoms with Gasteiger partial charge in [-0.2, -0.15) is 13.2 Å². The van der Waals surface area contributed by atoms with Crippen molar-refractivity contribution in [1.82, 2.24) is 19.7 Å². The maximum Gasteiger partial charge on any atom is 0.394 e. The molecule has 3 rings (SSSR count). The number of hydrogen-bond donors (Lipinski definition) is 2. The van der Waals surface area contributed by atoms with Crippen LogP contribution in [0.15, 0.2) is 6.33 Å². The molecule has 11 heteroatoms. The number of aromatic nitrogens is 3. The van der Waals surface area contributed by atoms with Gasteiger partial charge in [0.25, 0.3) is 0 Å². The van der Waals surface area contributed by atoms with Crippen molar-refractivity contribution in [1.29, 1.82) is 0 Å². The molecule has 1 aliphatic heterocycles. The van der Waals surface area contributed by atoms with Crippen molar-refractivity contribution in [3.05, 3.63) is 6.33 Å². The summed E-state index contributed by atoms with van der Waals surface area (Å²) in [5, 5.41) is 15.5. The monoisotopic (exact) mass is 375 g/mol. The Balaban J connectivity index is 1.63. The number of nitrogens with one attached hydrogen (secondary N) is 1. The predicted molar refractivity (Wildman–Crippen MR) is 83.4 cm³/mol. The first-order chi connectivity index (χ1) is 12.3. The van der Waals surface area contributed by atoms with Crippen LogP contribution in [-0.4, -0.2) is 56.0 Å². The Morgan fingerprint density at radius 1 is 1.19 bits per heavy atom. The fourth-order valence-corrected chi connectivity index (χ4v) is 3.58. The molecule has 0 unspecified atom stereocenters. The molecular weight excluding hydrogens is 355 g/mol. The third-order valence-corrected chi connectivity index (χ3v) is 5.02. The molecule has 1 aliphatic carbocycles. The Kier molecular flexibility index (Phi) is 5.05. The lowest BCUT2D eigenvalue weighted by atomic mass is 9.96. The second-order valence-corrected chi connectivity index (χ2v) is 6.77. The molecular formula is C15H20F3N5O3. The number of carbonyl (C=O) groups is 2. The average Bonchev–Trinajstić information content (AvgIpc) is 3.22. The van der Waals surface area contributed by atoms with E-state index in [0.29, 0.717) is 0 Å². The minimum Gasteiger partial charge on any atom is -0.481 e. The number of rotatable bonds is 3. The second-order valence-electron chi connectivity index (χ2n) is 6.77. The van der Waals surface area contributed by atoms with Crippen LogP contribution in [0.2, 0.25) is 0 Å². The fourth-order valence-electron chi connectivity index (χ4n) is 3.58. The molecule has 1 aromatic heterocycles. The summed E-state index contributed by atoms with van der Waals surface area (Å²) in [6.45, 7) is -1.20. The van der Waals surface area contributed by atoms with E-state index in [1.807, 2.05) is 0 Å². The van der Waals surface area contributed by atoms with Crippen molar-refractivity contribution in [3.63, 3.8) is 0 Å². The summed E-state index contributed by atoms with van der Waals surface area (Å²) in [6, 6.07) is -0.621. The van der Waals surface area contributed by atoms with Crippen molar-refractivity contribution >= 4 is 17.9 Å². The van der Waals surface area contributed by atoms with E-state index in [9.17, 15) is 22.8 Å². The summed E-state index contributed by atoms with van der Waals surface area (Å²) >= 11 is 0. The van der Waals surface area contributed by atoms with Crippen LogP contribution in [0.25, 0.3) is 0 Å². The first-order valence-electron chi connectivity index (χ1n) is 8.52. The zero-order chi connectivity index (χ0) is 18.9. The van der Waals surface area contributed by atoms with Gasteiger partial charge in [-0.15, -0.1) is 5.10 Å². The van der Waals surface area contributed by atoms with Gasteiger partial charge in [-0.1, -0.05) is 19.3 Å². The molecule has 0 bridgehead atoms. The number of amides is 2. The number of alkyl halides is 3. The molecule has 1 saturated heterocycles. The average molecular weight is 375 g/mol. The number of halogens is 3. The first kappa shape index (κ1) is 18.5. The molecule has 2 aliphatic rings. The molecule has 2 atom stereocenters. The number of carboxylic acid groups (broad SMARTS) is 1. The van der Waals surface area contributed by atoms with Crippen molar-refractivity contribution < 1.29 is 27.9 Å². The van der Waals surface area contributed by atoms with Gasteiger partial charge in [-0.05, 0) is 12.8 Å². The van der Waals surface area contributed by atoms with Crippen LogP contribution >= 0.6 is 0 Å². The molecule has 2 N–H and O–H groups in total. The van der Waals surface area contributed by atoms with Gasteiger partial charge in [-0.25, -0.2) is 14.5 Å². The molecule has 0 aromatic carbocycles. The lowest BCUT2D eigenvalue weighted by Crippen LogP contribution is -2.35. The molecule has 0 spiro atoms. The van der Waals surface area contributed by atoms with Crippen molar-refractivity contribution in [3.8, 4) is 0 Å². The maximum atomic E-state index is 13.0. The van der Waals surface area contributed by atoms with Gasteiger partial charge in [0.05, 0.1) is 17.9 Å². The lowest BCUT2D eigenvalue weighted by Gasteiger charge is -2.21. The van der Waals surface area contributed by atoms with E-state index in [1.54, 1.807) is 4.68 Å². The fraction of sp³-hybridized carbons (Fsp3) is 0.733. The van der Waals surface area contributed by atoms with Crippen molar-refractivity contribution in [2.45, 2.75) is 44.3 Å². The summed E-state index contributed by atoms with van der Waals surface area (Å²) in [7, 11) is 0. The summed E-state index contributed by atoms with van der Waals surface area (Å²) in [6.07, 6.45) is 2.11. The maximum absolute atomic E-state index is 13.0. The van der Waals surface area contributed by atoms with Crippen LogP contribution in [0.5, 0.6) is 0 Å². The summed E-state index contributed by atoms with van der Waals surface area (Å²) < 4.78 is 40.6. The molecule has 0 radical (unpaired) electrons. The van der Waals surface area contributed by atoms with Gasteiger partial charge in [0.1, 0.15) is 6.33 Å². The van der Waals surface area contributed by atoms with Crippen molar-refractivity contribution in [2.75, 3.05) is 18.4 Å². The highest BCUT2D eigenvalue weighted by Gasteiger charge is 2.53. The number of aliphatic carboxylic acids is 1. The van der Waals surface area contributed by atoms with Crippen LogP contribution in [-0.2, 0) is 4.79 Å².